The summed E-state index contributed by atoms with van der Waals surface area (Å²) in [6.45, 7) is 1.88. The Morgan fingerprint density at radius 3 is 2.33 bits per heavy atom. The van der Waals surface area contributed by atoms with Crippen molar-refractivity contribution in [1.82, 2.24) is 20.8 Å². The number of nitrogens with zero attached hydrogens (tertiary/aromatic N) is 2. The van der Waals surface area contributed by atoms with Crippen LogP contribution in [-0.4, -0.2) is 28.0 Å². The van der Waals surface area contributed by atoms with Crippen molar-refractivity contribution in [1.29, 1.82) is 0 Å². The van der Waals surface area contributed by atoms with Crippen molar-refractivity contribution < 1.29 is 27.3 Å². The second kappa shape index (κ2) is 8.76. The van der Waals surface area contributed by atoms with Crippen molar-refractivity contribution in [3.63, 3.8) is 0 Å². The molecule has 1 aromatic heterocycles. The molecule has 156 valence electrons. The molecule has 0 saturated carbocycles. The van der Waals surface area contributed by atoms with Gasteiger partial charge >= 0.3 is 12.1 Å². The molecule has 0 spiro atoms. The maximum Gasteiger partial charge on any atom is 0.471 e. The van der Waals surface area contributed by atoms with Crippen LogP contribution in [0, 0.1) is 0 Å². The summed E-state index contributed by atoms with van der Waals surface area (Å²) in [5.74, 6) is -2.55. The number of hydrogen-bond acceptors (Lipinski definition) is 5. The van der Waals surface area contributed by atoms with E-state index in [0.29, 0.717) is 6.54 Å². The van der Waals surface area contributed by atoms with Crippen LogP contribution in [0.2, 0.25) is 0 Å². The maximum atomic E-state index is 12.5. The van der Waals surface area contributed by atoms with E-state index in [0.717, 1.165) is 5.56 Å². The predicted molar refractivity (Wildman–Crippen MR) is 100.0 cm³/mol. The third-order valence-corrected chi connectivity index (χ3v) is 4.12. The van der Waals surface area contributed by atoms with Gasteiger partial charge in [-0.05, 0) is 24.6 Å². The summed E-state index contributed by atoms with van der Waals surface area (Å²) in [6.07, 6.45) is -4.73. The Balaban J connectivity index is 1.57. The second-order valence-corrected chi connectivity index (χ2v) is 6.40. The molecule has 0 radical (unpaired) electrons. The number of carbonyl (C=O) groups excluding carboxylic acids is 2. The van der Waals surface area contributed by atoms with E-state index >= 15 is 0 Å². The van der Waals surface area contributed by atoms with Crippen molar-refractivity contribution in [2.24, 2.45) is 0 Å². The smallest absolute Gasteiger partial charge is 0.350 e. The zero-order chi connectivity index (χ0) is 21.7. The van der Waals surface area contributed by atoms with Crippen molar-refractivity contribution >= 4 is 11.8 Å². The van der Waals surface area contributed by atoms with E-state index in [1.807, 2.05) is 30.3 Å². The summed E-state index contributed by atoms with van der Waals surface area (Å²) >= 11 is 0. The molecule has 0 aliphatic carbocycles. The molecule has 2 N–H and O–H groups in total. The van der Waals surface area contributed by atoms with Gasteiger partial charge in [-0.2, -0.15) is 18.2 Å². The van der Waals surface area contributed by atoms with Crippen LogP contribution in [0.15, 0.2) is 59.1 Å². The van der Waals surface area contributed by atoms with Gasteiger partial charge in [0.25, 0.3) is 5.91 Å². The topological polar surface area (TPSA) is 97.1 Å². The lowest BCUT2D eigenvalue weighted by molar-refractivity contribution is -0.159. The molecule has 0 fully saturated rings. The molecule has 1 heterocycles. The minimum absolute atomic E-state index is 0.223. The number of carbonyl (C=O) groups is 2. The average molecular weight is 418 g/mol. The number of hydrogen-bond donors (Lipinski definition) is 2. The highest BCUT2D eigenvalue weighted by Gasteiger charge is 2.38. The molecule has 0 aliphatic rings. The SMILES string of the molecule is C[C@@H](NC(=O)c1ccc(-c2noc(C(F)(F)F)n2)cc1)C(=O)NCc1ccccc1. The van der Waals surface area contributed by atoms with E-state index in [4.69, 9.17) is 0 Å². The van der Waals surface area contributed by atoms with Gasteiger partial charge in [0, 0.05) is 17.7 Å². The molecular formula is C20H17F3N4O3. The fraction of sp³-hybridized carbons (Fsp3) is 0.200. The van der Waals surface area contributed by atoms with Crippen LogP contribution in [0.5, 0.6) is 0 Å². The predicted octanol–water partition coefficient (Wildman–Crippen LogP) is 3.19. The number of benzene rings is 2. The van der Waals surface area contributed by atoms with Gasteiger partial charge in [-0.1, -0.05) is 47.6 Å². The van der Waals surface area contributed by atoms with E-state index in [-0.39, 0.29) is 22.9 Å². The molecule has 0 aliphatic heterocycles. The van der Waals surface area contributed by atoms with Crippen LogP contribution >= 0.6 is 0 Å². The quantitative estimate of drug-likeness (QED) is 0.641. The number of amides is 2. The first-order valence-electron chi connectivity index (χ1n) is 8.88. The molecular weight excluding hydrogens is 401 g/mol. The van der Waals surface area contributed by atoms with E-state index in [2.05, 4.69) is 25.3 Å². The summed E-state index contributed by atoms with van der Waals surface area (Å²) < 4.78 is 41.8. The largest absolute Gasteiger partial charge is 0.471 e. The summed E-state index contributed by atoms with van der Waals surface area (Å²) in [6, 6.07) is 14.1. The first kappa shape index (κ1) is 21.0. The minimum Gasteiger partial charge on any atom is -0.350 e. The van der Waals surface area contributed by atoms with Crippen molar-refractivity contribution in [2.45, 2.75) is 25.7 Å². The monoisotopic (exact) mass is 418 g/mol. The van der Waals surface area contributed by atoms with Gasteiger partial charge in [-0.3, -0.25) is 9.59 Å². The van der Waals surface area contributed by atoms with Crippen molar-refractivity contribution in [2.75, 3.05) is 0 Å². The van der Waals surface area contributed by atoms with Crippen LogP contribution in [0.3, 0.4) is 0 Å². The summed E-state index contributed by atoms with van der Waals surface area (Å²) in [7, 11) is 0. The third kappa shape index (κ3) is 5.22. The van der Waals surface area contributed by atoms with Gasteiger partial charge in [0.2, 0.25) is 11.7 Å². The Kier molecular flexibility index (Phi) is 6.14. The second-order valence-electron chi connectivity index (χ2n) is 6.40. The molecule has 7 nitrogen and oxygen atoms in total. The van der Waals surface area contributed by atoms with E-state index in [9.17, 15) is 22.8 Å². The Hall–Kier alpha value is -3.69. The highest BCUT2D eigenvalue weighted by atomic mass is 19.4. The number of halogens is 3. The lowest BCUT2D eigenvalue weighted by Gasteiger charge is -2.14. The van der Waals surface area contributed by atoms with Crippen LogP contribution in [0.4, 0.5) is 13.2 Å². The van der Waals surface area contributed by atoms with Gasteiger partial charge in [0.15, 0.2) is 0 Å². The molecule has 3 rings (SSSR count). The van der Waals surface area contributed by atoms with Gasteiger partial charge in [-0.15, -0.1) is 0 Å². The Bertz CT molecular complexity index is 1020. The molecule has 0 unspecified atom stereocenters. The highest BCUT2D eigenvalue weighted by Crippen LogP contribution is 2.29. The zero-order valence-corrected chi connectivity index (χ0v) is 15.7. The van der Waals surface area contributed by atoms with Crippen LogP contribution in [-0.2, 0) is 17.5 Å². The zero-order valence-electron chi connectivity index (χ0n) is 15.7. The Morgan fingerprint density at radius 2 is 1.73 bits per heavy atom. The third-order valence-electron chi connectivity index (χ3n) is 4.12. The van der Waals surface area contributed by atoms with Crippen LogP contribution in [0.1, 0.15) is 28.7 Å². The number of alkyl halides is 3. The number of aromatic nitrogens is 2. The fourth-order valence-corrected chi connectivity index (χ4v) is 2.51. The van der Waals surface area contributed by atoms with E-state index in [1.54, 1.807) is 6.92 Å². The molecule has 2 amide bonds. The Labute approximate surface area is 169 Å². The maximum absolute atomic E-state index is 12.5. The lowest BCUT2D eigenvalue weighted by atomic mass is 10.1. The Morgan fingerprint density at radius 1 is 1.07 bits per heavy atom. The molecule has 10 heteroatoms. The van der Waals surface area contributed by atoms with Gasteiger partial charge in [0.05, 0.1) is 0 Å². The summed E-state index contributed by atoms with van der Waals surface area (Å²) in [5.41, 5.74) is 1.40. The van der Waals surface area contributed by atoms with Gasteiger partial charge < -0.3 is 15.2 Å². The number of rotatable bonds is 6. The molecule has 30 heavy (non-hydrogen) atoms. The molecule has 2 aromatic carbocycles. The normalized spacial score (nSPS) is 12.3. The van der Waals surface area contributed by atoms with E-state index in [1.165, 1.54) is 24.3 Å². The lowest BCUT2D eigenvalue weighted by Crippen LogP contribution is -2.44. The van der Waals surface area contributed by atoms with Crippen molar-refractivity contribution in [3.05, 3.63) is 71.6 Å². The fourth-order valence-electron chi connectivity index (χ4n) is 2.51. The molecule has 3 aromatic rings. The average Bonchev–Trinajstić information content (AvgIpc) is 3.23. The molecule has 1 atom stereocenters. The summed E-state index contributed by atoms with van der Waals surface area (Å²) in [5, 5.41) is 8.58. The first-order chi connectivity index (χ1) is 14.2. The minimum atomic E-state index is -4.73. The summed E-state index contributed by atoms with van der Waals surface area (Å²) in [4.78, 5) is 27.8. The van der Waals surface area contributed by atoms with Gasteiger partial charge in [0.1, 0.15) is 6.04 Å². The van der Waals surface area contributed by atoms with Crippen molar-refractivity contribution in [3.8, 4) is 11.4 Å². The molecule has 0 saturated heterocycles. The molecule has 0 bridgehead atoms. The van der Waals surface area contributed by atoms with Crippen LogP contribution in [0.25, 0.3) is 11.4 Å². The standard InChI is InChI=1S/C20H17F3N4O3/c1-12(17(28)24-11-13-5-3-2-4-6-13)25-18(29)15-9-7-14(8-10-15)16-26-19(30-27-16)20(21,22)23/h2-10,12H,11H2,1H3,(H,24,28)(H,25,29)/t12-/m1/s1. The number of nitrogens with one attached hydrogen (secondary N) is 2. The van der Waals surface area contributed by atoms with Crippen LogP contribution < -0.4 is 10.6 Å². The van der Waals surface area contributed by atoms with Gasteiger partial charge in [-0.25, -0.2) is 0 Å². The van der Waals surface area contributed by atoms with E-state index < -0.39 is 24.0 Å². The first-order valence-corrected chi connectivity index (χ1v) is 8.88. The highest BCUT2D eigenvalue weighted by molar-refractivity contribution is 5.97.